The molecule has 4 nitrogen and oxygen atoms in total. The van der Waals surface area contributed by atoms with Gasteiger partial charge in [0.25, 0.3) is 0 Å². The zero-order valence-electron chi connectivity index (χ0n) is 11.2. The summed E-state index contributed by atoms with van der Waals surface area (Å²) in [5, 5.41) is 9.22. The van der Waals surface area contributed by atoms with E-state index < -0.39 is 5.97 Å². The third-order valence-corrected chi connectivity index (χ3v) is 3.19. The second-order valence-corrected chi connectivity index (χ2v) is 5.06. The monoisotopic (exact) mass is 348 g/mol. The van der Waals surface area contributed by atoms with Crippen molar-refractivity contribution in [3.63, 3.8) is 0 Å². The van der Waals surface area contributed by atoms with E-state index in [9.17, 15) is 9.90 Å². The molecular formula is C16H13BrO4. The molecule has 0 saturated heterocycles. The first-order valence-electron chi connectivity index (χ1n) is 6.11. The Balaban J connectivity index is 2.23. The Morgan fingerprint density at radius 3 is 2.14 bits per heavy atom. The van der Waals surface area contributed by atoms with Gasteiger partial charge in [0.1, 0.15) is 11.5 Å². The number of methoxy groups -OCH3 is 1. The standard InChI is InChI=1S/C16H13BrO4/c1-20-13-6-2-11(3-7-13)10-15(16(18)19)21-14-8-4-12(17)5-9-14/h2-10H,1H3,(H,18,19)/b15-10-. The number of hydrogen-bond donors (Lipinski definition) is 1. The molecule has 0 aliphatic rings. The summed E-state index contributed by atoms with van der Waals surface area (Å²) in [4.78, 5) is 11.3. The largest absolute Gasteiger partial charge is 0.497 e. The molecule has 5 heteroatoms. The minimum Gasteiger partial charge on any atom is -0.497 e. The Bertz CT molecular complexity index is 645. The van der Waals surface area contributed by atoms with Crippen molar-refractivity contribution in [2.75, 3.05) is 7.11 Å². The Morgan fingerprint density at radius 2 is 1.62 bits per heavy atom. The van der Waals surface area contributed by atoms with Crippen LogP contribution < -0.4 is 9.47 Å². The second kappa shape index (κ2) is 6.95. The Labute approximate surface area is 130 Å². The zero-order chi connectivity index (χ0) is 15.2. The number of benzene rings is 2. The molecule has 0 amide bonds. The van der Waals surface area contributed by atoms with E-state index in [0.717, 1.165) is 4.47 Å². The summed E-state index contributed by atoms with van der Waals surface area (Å²) < 4.78 is 11.4. The molecule has 0 saturated carbocycles. The van der Waals surface area contributed by atoms with Crippen LogP contribution in [0.5, 0.6) is 11.5 Å². The lowest BCUT2D eigenvalue weighted by Gasteiger charge is -2.07. The summed E-state index contributed by atoms with van der Waals surface area (Å²) in [6, 6.07) is 14.0. The molecule has 21 heavy (non-hydrogen) atoms. The van der Waals surface area contributed by atoms with Gasteiger partial charge in [-0.05, 0) is 48.0 Å². The van der Waals surface area contributed by atoms with E-state index in [1.165, 1.54) is 6.08 Å². The third kappa shape index (κ3) is 4.36. The van der Waals surface area contributed by atoms with Gasteiger partial charge in [-0.15, -0.1) is 0 Å². The molecule has 2 aromatic carbocycles. The smallest absolute Gasteiger partial charge is 0.371 e. The maximum absolute atomic E-state index is 11.3. The topological polar surface area (TPSA) is 55.8 Å². The average Bonchev–Trinajstić information content (AvgIpc) is 2.49. The van der Waals surface area contributed by atoms with Crippen LogP contribution in [-0.2, 0) is 4.79 Å². The van der Waals surface area contributed by atoms with Crippen LogP contribution in [0.25, 0.3) is 6.08 Å². The van der Waals surface area contributed by atoms with E-state index in [2.05, 4.69) is 15.9 Å². The van der Waals surface area contributed by atoms with Crippen molar-refractivity contribution < 1.29 is 19.4 Å². The molecule has 0 aliphatic carbocycles. The number of carboxylic acid groups (broad SMARTS) is 1. The predicted molar refractivity (Wildman–Crippen MR) is 83.4 cm³/mol. The van der Waals surface area contributed by atoms with Crippen LogP contribution in [0.4, 0.5) is 0 Å². The van der Waals surface area contributed by atoms with Gasteiger partial charge < -0.3 is 14.6 Å². The van der Waals surface area contributed by atoms with Crippen LogP contribution in [0, 0.1) is 0 Å². The molecule has 0 atom stereocenters. The van der Waals surface area contributed by atoms with Crippen LogP contribution in [0.2, 0.25) is 0 Å². The maximum atomic E-state index is 11.3. The zero-order valence-corrected chi connectivity index (χ0v) is 12.8. The van der Waals surface area contributed by atoms with Gasteiger partial charge in [0.05, 0.1) is 7.11 Å². The molecule has 0 bridgehead atoms. The van der Waals surface area contributed by atoms with E-state index in [0.29, 0.717) is 17.1 Å². The van der Waals surface area contributed by atoms with E-state index >= 15 is 0 Å². The van der Waals surface area contributed by atoms with Crippen molar-refractivity contribution in [2.45, 2.75) is 0 Å². The first-order valence-corrected chi connectivity index (χ1v) is 6.90. The first-order chi connectivity index (χ1) is 10.1. The molecule has 108 valence electrons. The fraction of sp³-hybridized carbons (Fsp3) is 0.0625. The summed E-state index contributed by atoms with van der Waals surface area (Å²) >= 11 is 3.31. The van der Waals surface area contributed by atoms with Crippen LogP contribution >= 0.6 is 15.9 Å². The van der Waals surface area contributed by atoms with Crippen molar-refractivity contribution in [1.82, 2.24) is 0 Å². The Hall–Kier alpha value is -2.27. The molecule has 2 rings (SSSR count). The highest BCUT2D eigenvalue weighted by Crippen LogP contribution is 2.20. The molecule has 0 heterocycles. The SMILES string of the molecule is COc1ccc(/C=C(\Oc2ccc(Br)cc2)C(=O)O)cc1. The number of ether oxygens (including phenoxy) is 2. The molecule has 2 aromatic rings. The predicted octanol–water partition coefficient (Wildman–Crippen LogP) is 3.96. The Kier molecular flexibility index (Phi) is 5.00. The fourth-order valence-corrected chi connectivity index (χ4v) is 1.88. The van der Waals surface area contributed by atoms with Crippen LogP contribution in [0.1, 0.15) is 5.56 Å². The summed E-state index contributed by atoms with van der Waals surface area (Å²) in [7, 11) is 1.57. The number of carboxylic acids is 1. The number of halogens is 1. The van der Waals surface area contributed by atoms with Crippen LogP contribution in [0.3, 0.4) is 0 Å². The van der Waals surface area contributed by atoms with Crippen molar-refractivity contribution in [3.8, 4) is 11.5 Å². The second-order valence-electron chi connectivity index (χ2n) is 4.14. The number of aliphatic carboxylic acids is 1. The van der Waals surface area contributed by atoms with Crippen molar-refractivity contribution >= 4 is 28.0 Å². The quantitative estimate of drug-likeness (QED) is 0.656. The first kappa shape index (κ1) is 15.1. The van der Waals surface area contributed by atoms with Gasteiger partial charge in [0, 0.05) is 4.47 Å². The molecule has 1 N–H and O–H groups in total. The van der Waals surface area contributed by atoms with E-state index in [1.807, 2.05) is 0 Å². The highest BCUT2D eigenvalue weighted by molar-refractivity contribution is 9.10. The lowest BCUT2D eigenvalue weighted by atomic mass is 10.2. The van der Waals surface area contributed by atoms with Gasteiger partial charge in [-0.1, -0.05) is 28.1 Å². The van der Waals surface area contributed by atoms with Gasteiger partial charge in [-0.3, -0.25) is 0 Å². The molecule has 0 radical (unpaired) electrons. The highest BCUT2D eigenvalue weighted by Gasteiger charge is 2.10. The molecule has 0 spiro atoms. The van der Waals surface area contributed by atoms with Crippen LogP contribution in [-0.4, -0.2) is 18.2 Å². The fourth-order valence-electron chi connectivity index (χ4n) is 1.62. The lowest BCUT2D eigenvalue weighted by molar-refractivity contribution is -0.134. The maximum Gasteiger partial charge on any atom is 0.371 e. The van der Waals surface area contributed by atoms with Crippen LogP contribution in [0.15, 0.2) is 58.8 Å². The number of hydrogen-bond acceptors (Lipinski definition) is 3. The van der Waals surface area contributed by atoms with E-state index in [1.54, 1.807) is 55.6 Å². The summed E-state index contributed by atoms with van der Waals surface area (Å²) in [6.07, 6.45) is 1.46. The highest BCUT2D eigenvalue weighted by atomic mass is 79.9. The molecule has 0 aromatic heterocycles. The van der Waals surface area contributed by atoms with E-state index in [4.69, 9.17) is 9.47 Å². The van der Waals surface area contributed by atoms with Gasteiger partial charge in [-0.2, -0.15) is 0 Å². The van der Waals surface area contributed by atoms with Gasteiger partial charge in [-0.25, -0.2) is 4.79 Å². The minimum atomic E-state index is -1.13. The normalized spacial score (nSPS) is 11.0. The number of rotatable bonds is 5. The lowest BCUT2D eigenvalue weighted by Crippen LogP contribution is -2.07. The van der Waals surface area contributed by atoms with Crippen molar-refractivity contribution in [3.05, 3.63) is 64.3 Å². The number of carbonyl (C=O) groups is 1. The molecular weight excluding hydrogens is 336 g/mol. The molecule has 0 fully saturated rings. The van der Waals surface area contributed by atoms with Gasteiger partial charge in [0.15, 0.2) is 0 Å². The molecule has 0 unspecified atom stereocenters. The average molecular weight is 349 g/mol. The van der Waals surface area contributed by atoms with Crippen molar-refractivity contribution in [2.24, 2.45) is 0 Å². The third-order valence-electron chi connectivity index (χ3n) is 2.67. The summed E-state index contributed by atoms with van der Waals surface area (Å²) in [5.74, 6) is -0.116. The van der Waals surface area contributed by atoms with E-state index in [-0.39, 0.29) is 5.76 Å². The summed E-state index contributed by atoms with van der Waals surface area (Å²) in [5.41, 5.74) is 0.713. The van der Waals surface area contributed by atoms with Gasteiger partial charge >= 0.3 is 5.97 Å². The Morgan fingerprint density at radius 1 is 1.05 bits per heavy atom. The summed E-state index contributed by atoms with van der Waals surface area (Å²) in [6.45, 7) is 0. The minimum absolute atomic E-state index is 0.150. The molecule has 0 aliphatic heterocycles. The van der Waals surface area contributed by atoms with Gasteiger partial charge in [0.2, 0.25) is 5.76 Å². The van der Waals surface area contributed by atoms with Crippen molar-refractivity contribution in [1.29, 1.82) is 0 Å².